The van der Waals surface area contributed by atoms with Crippen molar-refractivity contribution in [3.63, 3.8) is 0 Å². The predicted octanol–water partition coefficient (Wildman–Crippen LogP) is 0.318. The molecule has 0 aliphatic heterocycles. The number of hydrogen-bond donors (Lipinski definition) is 1. The van der Waals surface area contributed by atoms with Crippen LogP contribution in [0.15, 0.2) is 0 Å². The van der Waals surface area contributed by atoms with Crippen molar-refractivity contribution < 1.29 is 0 Å². The third-order valence-corrected chi connectivity index (χ3v) is 1.25. The Bertz CT molecular complexity index is 52.5. The first-order valence-corrected chi connectivity index (χ1v) is 2.86. The highest BCUT2D eigenvalue weighted by molar-refractivity contribution is 4.62. The van der Waals surface area contributed by atoms with Crippen molar-refractivity contribution in [3.05, 3.63) is 7.05 Å². The summed E-state index contributed by atoms with van der Waals surface area (Å²) in [5.41, 5.74) is 0. The van der Waals surface area contributed by atoms with Crippen molar-refractivity contribution in [2.45, 2.75) is 13.0 Å². The molecular formula is C6H15N2. The van der Waals surface area contributed by atoms with E-state index in [2.05, 4.69) is 19.3 Å². The van der Waals surface area contributed by atoms with Crippen LogP contribution < -0.4 is 5.32 Å². The maximum atomic E-state index is 3.75. The molecule has 0 aromatic rings. The summed E-state index contributed by atoms with van der Waals surface area (Å²) in [6.07, 6.45) is 0. The molecule has 0 saturated heterocycles. The van der Waals surface area contributed by atoms with Crippen LogP contribution in [0.4, 0.5) is 0 Å². The summed E-state index contributed by atoms with van der Waals surface area (Å²) in [6, 6.07) is 0.528. The normalized spacial score (nSPS) is 14.6. The van der Waals surface area contributed by atoms with Crippen LogP contribution in [-0.2, 0) is 0 Å². The summed E-state index contributed by atoms with van der Waals surface area (Å²) < 4.78 is 0. The van der Waals surface area contributed by atoms with Gasteiger partial charge in [-0.2, -0.15) is 0 Å². The first-order valence-electron chi connectivity index (χ1n) is 2.86. The molecule has 0 spiro atoms. The van der Waals surface area contributed by atoms with Crippen molar-refractivity contribution in [2.24, 2.45) is 0 Å². The molecule has 0 aromatic heterocycles. The summed E-state index contributed by atoms with van der Waals surface area (Å²) in [5.74, 6) is 0. The quantitative estimate of drug-likeness (QED) is 0.569. The molecule has 0 amide bonds. The predicted molar refractivity (Wildman–Crippen MR) is 36.5 cm³/mol. The van der Waals surface area contributed by atoms with Crippen molar-refractivity contribution in [1.29, 1.82) is 0 Å². The number of nitrogens with one attached hydrogen (secondary N) is 1. The SMILES string of the molecule is [CH2]N(C)C(C)CNC. The summed E-state index contributed by atoms with van der Waals surface area (Å²) >= 11 is 0. The van der Waals surface area contributed by atoms with E-state index in [1.54, 1.807) is 0 Å². The highest BCUT2D eigenvalue weighted by atomic mass is 15.1. The first-order chi connectivity index (χ1) is 3.68. The van der Waals surface area contributed by atoms with Gasteiger partial charge in [-0.3, -0.25) is 0 Å². The Morgan fingerprint density at radius 1 is 1.75 bits per heavy atom. The largest absolute Gasteiger partial charge is 0.318 e. The molecule has 0 heterocycles. The van der Waals surface area contributed by atoms with Gasteiger partial charge < -0.3 is 10.2 Å². The van der Waals surface area contributed by atoms with E-state index >= 15 is 0 Å². The van der Waals surface area contributed by atoms with Gasteiger partial charge in [-0.1, -0.05) is 0 Å². The third-order valence-electron chi connectivity index (χ3n) is 1.25. The van der Waals surface area contributed by atoms with Crippen LogP contribution in [-0.4, -0.2) is 31.6 Å². The Balaban J connectivity index is 3.17. The van der Waals surface area contributed by atoms with E-state index in [-0.39, 0.29) is 0 Å². The van der Waals surface area contributed by atoms with Gasteiger partial charge in [0.1, 0.15) is 0 Å². The lowest BCUT2D eigenvalue weighted by atomic mass is 10.3. The fraction of sp³-hybridized carbons (Fsp3) is 0.833. The Labute approximate surface area is 51.9 Å². The summed E-state index contributed by atoms with van der Waals surface area (Å²) in [5, 5.41) is 3.07. The lowest BCUT2D eigenvalue weighted by molar-refractivity contribution is 0.339. The molecule has 0 saturated carbocycles. The Morgan fingerprint density at radius 2 is 2.25 bits per heavy atom. The first kappa shape index (κ1) is 7.92. The van der Waals surface area contributed by atoms with Crippen molar-refractivity contribution in [1.82, 2.24) is 10.2 Å². The molecule has 1 atom stereocenters. The minimum Gasteiger partial charge on any atom is -0.318 e. The van der Waals surface area contributed by atoms with Crippen LogP contribution in [0.25, 0.3) is 0 Å². The van der Waals surface area contributed by atoms with Crippen molar-refractivity contribution in [3.8, 4) is 0 Å². The molecule has 1 radical (unpaired) electrons. The molecule has 2 nitrogen and oxygen atoms in total. The topological polar surface area (TPSA) is 15.3 Å². The van der Waals surface area contributed by atoms with Gasteiger partial charge >= 0.3 is 0 Å². The zero-order chi connectivity index (χ0) is 6.57. The molecule has 1 N–H and O–H groups in total. The van der Waals surface area contributed by atoms with E-state index in [1.807, 2.05) is 19.0 Å². The number of nitrogens with zero attached hydrogens (tertiary/aromatic N) is 1. The van der Waals surface area contributed by atoms with Gasteiger partial charge in [0.25, 0.3) is 0 Å². The molecule has 0 aliphatic rings. The van der Waals surface area contributed by atoms with E-state index in [9.17, 15) is 0 Å². The second kappa shape index (κ2) is 3.87. The van der Waals surface area contributed by atoms with Crippen molar-refractivity contribution >= 4 is 0 Å². The van der Waals surface area contributed by atoms with Gasteiger partial charge in [-0.25, -0.2) is 0 Å². The van der Waals surface area contributed by atoms with Crippen LogP contribution in [0.1, 0.15) is 6.92 Å². The molecule has 0 bridgehead atoms. The van der Waals surface area contributed by atoms with Crippen LogP contribution in [0.2, 0.25) is 0 Å². The molecule has 0 fully saturated rings. The monoisotopic (exact) mass is 115 g/mol. The van der Waals surface area contributed by atoms with Gasteiger partial charge in [0.2, 0.25) is 0 Å². The van der Waals surface area contributed by atoms with E-state index in [1.165, 1.54) is 0 Å². The summed E-state index contributed by atoms with van der Waals surface area (Å²) in [7, 11) is 7.67. The van der Waals surface area contributed by atoms with Crippen molar-refractivity contribution in [2.75, 3.05) is 20.6 Å². The Morgan fingerprint density at radius 3 is 2.38 bits per heavy atom. The molecule has 1 unspecified atom stereocenters. The maximum Gasteiger partial charge on any atom is 0.0189 e. The Kier molecular flexibility index (Phi) is 3.83. The second-order valence-electron chi connectivity index (χ2n) is 2.16. The molecule has 8 heavy (non-hydrogen) atoms. The molecule has 2 heteroatoms. The number of rotatable bonds is 3. The maximum absolute atomic E-state index is 3.75. The van der Waals surface area contributed by atoms with Gasteiger partial charge in [-0.15, -0.1) is 0 Å². The minimum absolute atomic E-state index is 0.528. The average Bonchev–Trinajstić information content (AvgIpc) is 1.67. The average molecular weight is 115 g/mol. The summed E-state index contributed by atoms with van der Waals surface area (Å²) in [4.78, 5) is 1.94. The van der Waals surface area contributed by atoms with Gasteiger partial charge in [0, 0.05) is 19.6 Å². The molecule has 49 valence electrons. The number of likely N-dealkylation sites (N-methyl/N-ethyl adjacent to an activating group) is 2. The van der Waals surface area contributed by atoms with Gasteiger partial charge in [0.15, 0.2) is 0 Å². The minimum atomic E-state index is 0.528. The molecular weight excluding hydrogens is 100 g/mol. The van der Waals surface area contributed by atoms with Gasteiger partial charge in [-0.05, 0) is 21.0 Å². The molecule has 0 aromatic carbocycles. The van der Waals surface area contributed by atoms with Crippen LogP contribution in [0.5, 0.6) is 0 Å². The fourth-order valence-electron chi connectivity index (χ4n) is 0.451. The van der Waals surface area contributed by atoms with E-state index < -0.39 is 0 Å². The standard InChI is InChI=1S/C6H15N2/c1-6(5-7-2)8(3)4/h6-7H,3,5H2,1-2,4H3. The highest BCUT2D eigenvalue weighted by Crippen LogP contribution is 1.87. The van der Waals surface area contributed by atoms with Crippen LogP contribution in [0, 0.1) is 7.05 Å². The van der Waals surface area contributed by atoms with Crippen LogP contribution >= 0.6 is 0 Å². The highest BCUT2D eigenvalue weighted by Gasteiger charge is 1.99. The second-order valence-corrected chi connectivity index (χ2v) is 2.16. The molecule has 0 rings (SSSR count). The lowest BCUT2D eigenvalue weighted by Gasteiger charge is -2.18. The zero-order valence-electron chi connectivity index (χ0n) is 5.94. The third kappa shape index (κ3) is 2.99. The van der Waals surface area contributed by atoms with Crippen LogP contribution in [0.3, 0.4) is 0 Å². The van der Waals surface area contributed by atoms with E-state index in [0.717, 1.165) is 6.54 Å². The smallest absolute Gasteiger partial charge is 0.0189 e. The zero-order valence-corrected chi connectivity index (χ0v) is 5.94. The summed E-state index contributed by atoms with van der Waals surface area (Å²) in [6.45, 7) is 3.13. The Hall–Kier alpha value is -0.0800. The van der Waals surface area contributed by atoms with Gasteiger partial charge in [0.05, 0.1) is 0 Å². The number of hydrogen-bond acceptors (Lipinski definition) is 2. The fourth-order valence-corrected chi connectivity index (χ4v) is 0.451. The molecule has 0 aliphatic carbocycles. The van der Waals surface area contributed by atoms with E-state index in [4.69, 9.17) is 0 Å². The van der Waals surface area contributed by atoms with E-state index in [0.29, 0.717) is 6.04 Å². The lowest BCUT2D eigenvalue weighted by Crippen LogP contribution is -2.32.